The lowest BCUT2D eigenvalue weighted by atomic mass is 10.1. The van der Waals surface area contributed by atoms with Crippen LogP contribution >= 0.6 is 0 Å². The Morgan fingerprint density at radius 2 is 2.07 bits per heavy atom. The Morgan fingerprint density at radius 3 is 2.57 bits per heavy atom. The van der Waals surface area contributed by atoms with Crippen molar-refractivity contribution < 1.29 is 9.90 Å². The molecule has 14 heavy (non-hydrogen) atoms. The molecule has 0 saturated heterocycles. The van der Waals surface area contributed by atoms with Crippen LogP contribution < -0.4 is 0 Å². The predicted molar refractivity (Wildman–Crippen MR) is 50.5 cm³/mol. The first kappa shape index (κ1) is 10.1. The molecule has 0 atom stereocenters. The second kappa shape index (κ2) is 4.87. The molecular formula is C10H10N2O2. The first-order valence-electron chi connectivity index (χ1n) is 4.18. The largest absolute Gasteiger partial charge is 0.464 e. The molecule has 72 valence electrons. The number of nitrogens with zero attached hydrogens (tertiary/aromatic N) is 2. The van der Waals surface area contributed by atoms with Gasteiger partial charge in [-0.15, -0.1) is 0 Å². The molecule has 0 unspecified atom stereocenters. The van der Waals surface area contributed by atoms with Crippen LogP contribution in [0.25, 0.3) is 0 Å². The van der Waals surface area contributed by atoms with Crippen molar-refractivity contribution in [1.82, 2.24) is 4.90 Å². The Balaban J connectivity index is 2.49. The van der Waals surface area contributed by atoms with Crippen molar-refractivity contribution in [2.24, 2.45) is 0 Å². The summed E-state index contributed by atoms with van der Waals surface area (Å²) in [4.78, 5) is 11.2. The Kier molecular flexibility index (Phi) is 3.50. The van der Waals surface area contributed by atoms with Gasteiger partial charge in [0.2, 0.25) is 0 Å². The van der Waals surface area contributed by atoms with Gasteiger partial charge >= 0.3 is 6.09 Å². The SMILES string of the molecule is N#CN(CCc1ccccc1)C(=O)O. The number of hydrogen-bond donors (Lipinski definition) is 1. The quantitative estimate of drug-likeness (QED) is 0.582. The van der Waals surface area contributed by atoms with Crippen LogP contribution in [0.4, 0.5) is 4.79 Å². The standard InChI is InChI=1S/C10H10N2O2/c11-8-12(10(13)14)7-6-9-4-2-1-3-5-9/h1-5H,6-7H2,(H,13,14). The smallest absolute Gasteiger partial charge is 0.420 e. The second-order valence-corrected chi connectivity index (χ2v) is 2.77. The third kappa shape index (κ3) is 2.79. The highest BCUT2D eigenvalue weighted by Crippen LogP contribution is 2.00. The maximum absolute atomic E-state index is 10.5. The fourth-order valence-corrected chi connectivity index (χ4v) is 1.07. The lowest BCUT2D eigenvalue weighted by Gasteiger charge is -2.08. The highest BCUT2D eigenvalue weighted by Gasteiger charge is 2.09. The number of amides is 1. The van der Waals surface area contributed by atoms with Crippen LogP contribution in [0.2, 0.25) is 0 Å². The van der Waals surface area contributed by atoms with Gasteiger partial charge in [-0.3, -0.25) is 0 Å². The van der Waals surface area contributed by atoms with Crippen LogP contribution in [-0.2, 0) is 6.42 Å². The zero-order chi connectivity index (χ0) is 10.4. The third-order valence-corrected chi connectivity index (χ3v) is 1.82. The molecule has 0 aliphatic carbocycles. The Labute approximate surface area is 82.0 Å². The minimum atomic E-state index is -1.21. The van der Waals surface area contributed by atoms with Crippen LogP contribution in [0, 0.1) is 11.5 Å². The Bertz CT molecular complexity index is 343. The molecule has 0 radical (unpaired) electrons. The summed E-state index contributed by atoms with van der Waals surface area (Å²) in [6.07, 6.45) is 0.957. The summed E-state index contributed by atoms with van der Waals surface area (Å²) in [6, 6.07) is 9.46. The molecule has 1 rings (SSSR count). The summed E-state index contributed by atoms with van der Waals surface area (Å²) in [5, 5.41) is 17.0. The zero-order valence-electron chi connectivity index (χ0n) is 7.55. The van der Waals surface area contributed by atoms with E-state index in [1.807, 2.05) is 30.3 Å². The summed E-state index contributed by atoms with van der Waals surface area (Å²) in [7, 11) is 0. The molecule has 0 bridgehead atoms. The average Bonchev–Trinajstić information content (AvgIpc) is 2.20. The van der Waals surface area contributed by atoms with Gasteiger partial charge in [0.15, 0.2) is 6.19 Å². The summed E-state index contributed by atoms with van der Waals surface area (Å²) in [5.74, 6) is 0. The molecule has 0 aromatic heterocycles. The van der Waals surface area contributed by atoms with Crippen molar-refractivity contribution in [2.75, 3.05) is 6.54 Å². The third-order valence-electron chi connectivity index (χ3n) is 1.82. The van der Waals surface area contributed by atoms with E-state index >= 15 is 0 Å². The van der Waals surface area contributed by atoms with Crippen molar-refractivity contribution in [3.8, 4) is 6.19 Å². The van der Waals surface area contributed by atoms with E-state index in [0.29, 0.717) is 11.3 Å². The topological polar surface area (TPSA) is 64.3 Å². The van der Waals surface area contributed by atoms with Crippen molar-refractivity contribution in [3.05, 3.63) is 35.9 Å². The highest BCUT2D eigenvalue weighted by molar-refractivity contribution is 5.66. The molecule has 1 amide bonds. The zero-order valence-corrected chi connectivity index (χ0v) is 7.55. The van der Waals surface area contributed by atoms with Crippen LogP contribution in [0.3, 0.4) is 0 Å². The summed E-state index contributed by atoms with van der Waals surface area (Å²) >= 11 is 0. The average molecular weight is 190 g/mol. The van der Waals surface area contributed by atoms with E-state index in [2.05, 4.69) is 0 Å². The van der Waals surface area contributed by atoms with Gasteiger partial charge < -0.3 is 5.11 Å². The van der Waals surface area contributed by atoms with E-state index in [0.717, 1.165) is 5.56 Å². The van der Waals surface area contributed by atoms with E-state index in [4.69, 9.17) is 10.4 Å². The van der Waals surface area contributed by atoms with Gasteiger partial charge in [-0.1, -0.05) is 30.3 Å². The van der Waals surface area contributed by atoms with Gasteiger partial charge in [0.25, 0.3) is 0 Å². The molecule has 0 heterocycles. The molecule has 1 N–H and O–H groups in total. The van der Waals surface area contributed by atoms with Crippen molar-refractivity contribution in [3.63, 3.8) is 0 Å². The van der Waals surface area contributed by atoms with E-state index in [-0.39, 0.29) is 6.54 Å². The fourth-order valence-electron chi connectivity index (χ4n) is 1.07. The monoisotopic (exact) mass is 190 g/mol. The van der Waals surface area contributed by atoms with Crippen LogP contribution in [0.5, 0.6) is 0 Å². The fraction of sp³-hybridized carbons (Fsp3) is 0.200. The minimum Gasteiger partial charge on any atom is -0.464 e. The van der Waals surface area contributed by atoms with Crippen molar-refractivity contribution >= 4 is 6.09 Å². The molecule has 0 saturated carbocycles. The van der Waals surface area contributed by atoms with Gasteiger partial charge in [-0.25, -0.2) is 9.69 Å². The minimum absolute atomic E-state index is 0.204. The maximum Gasteiger partial charge on any atom is 0.420 e. The first-order chi connectivity index (χ1) is 6.74. The molecule has 1 aromatic rings. The Hall–Kier alpha value is -2.02. The number of carbonyl (C=O) groups is 1. The van der Waals surface area contributed by atoms with Crippen LogP contribution in [0.1, 0.15) is 5.56 Å². The molecule has 1 aromatic carbocycles. The van der Waals surface area contributed by atoms with Crippen molar-refractivity contribution in [2.45, 2.75) is 6.42 Å². The summed E-state index contributed by atoms with van der Waals surface area (Å²) in [6.45, 7) is 0.204. The van der Waals surface area contributed by atoms with Crippen LogP contribution in [0.15, 0.2) is 30.3 Å². The maximum atomic E-state index is 10.5. The highest BCUT2D eigenvalue weighted by atomic mass is 16.4. The summed E-state index contributed by atoms with van der Waals surface area (Å²) in [5.41, 5.74) is 1.02. The lowest BCUT2D eigenvalue weighted by Crippen LogP contribution is -2.26. The molecule has 0 aliphatic heterocycles. The molecule has 0 fully saturated rings. The second-order valence-electron chi connectivity index (χ2n) is 2.77. The summed E-state index contributed by atoms with van der Waals surface area (Å²) < 4.78 is 0. The number of carboxylic acid groups (broad SMARTS) is 1. The molecular weight excluding hydrogens is 180 g/mol. The normalized spacial score (nSPS) is 9.07. The number of nitriles is 1. The number of hydrogen-bond acceptors (Lipinski definition) is 2. The van der Waals surface area contributed by atoms with Gasteiger partial charge in [0.1, 0.15) is 0 Å². The molecule has 4 nitrogen and oxygen atoms in total. The Morgan fingerprint density at radius 1 is 1.43 bits per heavy atom. The van der Waals surface area contributed by atoms with Crippen molar-refractivity contribution in [1.29, 1.82) is 5.26 Å². The van der Waals surface area contributed by atoms with E-state index in [9.17, 15) is 4.79 Å². The van der Waals surface area contributed by atoms with Gasteiger partial charge in [-0.2, -0.15) is 5.26 Å². The molecule has 0 spiro atoms. The van der Waals surface area contributed by atoms with E-state index in [1.165, 1.54) is 0 Å². The predicted octanol–water partition coefficient (Wildman–Crippen LogP) is 1.69. The van der Waals surface area contributed by atoms with E-state index in [1.54, 1.807) is 6.19 Å². The molecule has 0 aliphatic rings. The van der Waals surface area contributed by atoms with Gasteiger partial charge in [-0.05, 0) is 12.0 Å². The number of rotatable bonds is 3. The van der Waals surface area contributed by atoms with Gasteiger partial charge in [0, 0.05) is 6.54 Å². The first-order valence-corrected chi connectivity index (χ1v) is 4.18. The van der Waals surface area contributed by atoms with E-state index < -0.39 is 6.09 Å². The van der Waals surface area contributed by atoms with Crippen LogP contribution in [-0.4, -0.2) is 22.6 Å². The van der Waals surface area contributed by atoms with Gasteiger partial charge in [0.05, 0.1) is 0 Å². The molecule has 4 heteroatoms. The lowest BCUT2D eigenvalue weighted by molar-refractivity contribution is 0.166. The number of benzene rings is 1.